The highest BCUT2D eigenvalue weighted by Crippen LogP contribution is 2.43. The van der Waals surface area contributed by atoms with Gasteiger partial charge in [0.2, 0.25) is 0 Å². The molecule has 0 aliphatic carbocycles. The number of phosphoric acid groups is 1. The Morgan fingerprint density at radius 3 is 1.88 bits per heavy atom. The van der Waals surface area contributed by atoms with Crippen molar-refractivity contribution in [2.45, 2.75) is 110 Å². The van der Waals surface area contributed by atoms with Crippen molar-refractivity contribution in [2.24, 2.45) is 5.73 Å². The van der Waals surface area contributed by atoms with Crippen molar-refractivity contribution in [3.8, 4) is 0 Å². The first-order valence-corrected chi connectivity index (χ1v) is 14.0. The van der Waals surface area contributed by atoms with Gasteiger partial charge in [-0.25, -0.2) is 4.57 Å². The molecule has 0 radical (unpaired) electrons. The summed E-state index contributed by atoms with van der Waals surface area (Å²) in [6.45, 7) is 3.51. The fraction of sp³-hybridized carbons (Fsp3) is 0.913. The molecule has 0 spiro atoms. The Morgan fingerprint density at radius 1 is 0.788 bits per heavy atom. The van der Waals surface area contributed by atoms with Crippen LogP contribution in [0.25, 0.3) is 0 Å². The monoisotopic (exact) mass is 495 g/mol. The predicted octanol–water partition coefficient (Wildman–Crippen LogP) is 5.03. The van der Waals surface area contributed by atoms with Gasteiger partial charge < -0.3 is 20.1 Å². The van der Waals surface area contributed by atoms with Crippen LogP contribution in [-0.2, 0) is 32.7 Å². The molecule has 9 nitrogen and oxygen atoms in total. The number of ether oxygens (including phenoxy) is 2. The number of nitrogens with two attached hydrogens (primary N) is 1. The molecule has 3 N–H and O–H groups in total. The number of unbranched alkanes of at least 4 members (excludes halogenated alkanes) is 10. The van der Waals surface area contributed by atoms with Crippen LogP contribution in [0.2, 0.25) is 0 Å². The fourth-order valence-corrected chi connectivity index (χ4v) is 3.87. The highest BCUT2D eigenvalue weighted by Gasteiger charge is 2.25. The Hall–Kier alpha value is -0.990. The first-order valence-electron chi connectivity index (χ1n) is 12.5. The van der Waals surface area contributed by atoms with E-state index in [0.717, 1.165) is 44.9 Å². The minimum absolute atomic E-state index is 0.0561. The molecule has 0 saturated carbocycles. The van der Waals surface area contributed by atoms with Crippen LogP contribution in [0.4, 0.5) is 0 Å². The van der Waals surface area contributed by atoms with E-state index in [9.17, 15) is 19.0 Å². The standard InChI is InChI=1S/C23H46NO8P/c1-3-5-7-9-10-11-12-14-16-23(26)32-21(20-31-33(27,28)30-18-17-24)19-29-22(25)15-13-8-6-4-2/h21H,3-20,24H2,1-2H3,(H,27,28)/t21-/m1/s1. The maximum absolute atomic E-state index is 12.2. The third-order valence-corrected chi connectivity index (χ3v) is 5.98. The van der Waals surface area contributed by atoms with Gasteiger partial charge in [0.1, 0.15) is 6.61 Å². The highest BCUT2D eigenvalue weighted by atomic mass is 31.2. The number of phosphoric ester groups is 1. The summed E-state index contributed by atoms with van der Waals surface area (Å²) in [6, 6.07) is 0. The van der Waals surface area contributed by atoms with Gasteiger partial charge in [0, 0.05) is 19.4 Å². The molecule has 0 saturated heterocycles. The molecule has 0 aromatic heterocycles. The summed E-state index contributed by atoms with van der Waals surface area (Å²) >= 11 is 0. The second kappa shape index (κ2) is 21.5. The topological polar surface area (TPSA) is 134 Å². The molecule has 33 heavy (non-hydrogen) atoms. The zero-order chi connectivity index (χ0) is 24.8. The number of hydrogen-bond acceptors (Lipinski definition) is 8. The molecule has 10 heteroatoms. The van der Waals surface area contributed by atoms with Crippen molar-refractivity contribution < 1.29 is 37.6 Å². The van der Waals surface area contributed by atoms with E-state index < -0.39 is 32.5 Å². The lowest BCUT2D eigenvalue weighted by molar-refractivity contribution is -0.161. The average molecular weight is 496 g/mol. The van der Waals surface area contributed by atoms with Crippen molar-refractivity contribution in [3.05, 3.63) is 0 Å². The molecule has 0 rings (SSSR count). The van der Waals surface area contributed by atoms with Gasteiger partial charge in [-0.15, -0.1) is 0 Å². The zero-order valence-electron chi connectivity index (χ0n) is 20.6. The van der Waals surface area contributed by atoms with Gasteiger partial charge in [-0.3, -0.25) is 18.6 Å². The van der Waals surface area contributed by atoms with Crippen LogP contribution in [0, 0.1) is 0 Å². The summed E-state index contributed by atoms with van der Waals surface area (Å²) < 4.78 is 32.0. The van der Waals surface area contributed by atoms with E-state index in [1.54, 1.807) is 0 Å². The number of carbonyl (C=O) groups excluding carboxylic acids is 2. The Labute approximate surface area is 199 Å². The molecular weight excluding hydrogens is 449 g/mol. The molecule has 0 heterocycles. The minimum Gasteiger partial charge on any atom is -0.462 e. The van der Waals surface area contributed by atoms with Gasteiger partial charge in [-0.2, -0.15) is 0 Å². The molecular formula is C23H46NO8P. The summed E-state index contributed by atoms with van der Waals surface area (Å²) in [5, 5.41) is 0. The molecule has 0 aliphatic heterocycles. The molecule has 0 aromatic rings. The van der Waals surface area contributed by atoms with Crippen LogP contribution in [0.5, 0.6) is 0 Å². The van der Waals surface area contributed by atoms with Crippen molar-refractivity contribution >= 4 is 19.8 Å². The first kappa shape index (κ1) is 32.0. The van der Waals surface area contributed by atoms with Crippen LogP contribution in [-0.4, -0.2) is 49.3 Å². The largest absolute Gasteiger partial charge is 0.472 e. The molecule has 0 aromatic carbocycles. The minimum atomic E-state index is -4.33. The lowest BCUT2D eigenvalue weighted by atomic mass is 10.1. The summed E-state index contributed by atoms with van der Waals surface area (Å²) in [5.41, 5.74) is 5.26. The van der Waals surface area contributed by atoms with Crippen LogP contribution >= 0.6 is 7.82 Å². The third kappa shape index (κ3) is 21.3. The molecule has 1 unspecified atom stereocenters. The second-order valence-electron chi connectivity index (χ2n) is 8.22. The summed E-state index contributed by atoms with van der Waals surface area (Å²) in [6.07, 6.45) is 12.1. The van der Waals surface area contributed by atoms with E-state index in [1.807, 2.05) is 0 Å². The number of rotatable bonds is 23. The molecule has 0 bridgehead atoms. The van der Waals surface area contributed by atoms with Crippen molar-refractivity contribution in [2.75, 3.05) is 26.4 Å². The lowest BCUT2D eigenvalue weighted by Crippen LogP contribution is -2.29. The Bertz CT molecular complexity index is 547. The number of esters is 2. The smallest absolute Gasteiger partial charge is 0.462 e. The predicted molar refractivity (Wildman–Crippen MR) is 128 cm³/mol. The van der Waals surface area contributed by atoms with E-state index in [2.05, 4.69) is 18.4 Å². The second-order valence-corrected chi connectivity index (χ2v) is 9.67. The van der Waals surface area contributed by atoms with Crippen molar-refractivity contribution in [1.82, 2.24) is 0 Å². The van der Waals surface area contributed by atoms with E-state index in [0.29, 0.717) is 6.42 Å². The van der Waals surface area contributed by atoms with Crippen LogP contribution < -0.4 is 5.73 Å². The first-order chi connectivity index (χ1) is 15.8. The summed E-state index contributed by atoms with van der Waals surface area (Å²) in [7, 11) is -4.33. The normalized spacial score (nSPS) is 13.9. The van der Waals surface area contributed by atoms with E-state index >= 15 is 0 Å². The zero-order valence-corrected chi connectivity index (χ0v) is 21.5. The Balaban J connectivity index is 4.42. The van der Waals surface area contributed by atoms with Gasteiger partial charge in [0.25, 0.3) is 0 Å². The van der Waals surface area contributed by atoms with E-state index in [-0.39, 0.29) is 32.6 Å². The van der Waals surface area contributed by atoms with Gasteiger partial charge in [0.05, 0.1) is 13.2 Å². The maximum atomic E-state index is 12.2. The van der Waals surface area contributed by atoms with E-state index in [4.69, 9.17) is 19.7 Å². The summed E-state index contributed by atoms with van der Waals surface area (Å²) in [4.78, 5) is 33.8. The highest BCUT2D eigenvalue weighted by molar-refractivity contribution is 7.47. The quantitative estimate of drug-likeness (QED) is 0.114. The van der Waals surface area contributed by atoms with Gasteiger partial charge in [0.15, 0.2) is 6.10 Å². The maximum Gasteiger partial charge on any atom is 0.472 e. The molecule has 0 fully saturated rings. The Morgan fingerprint density at radius 2 is 1.30 bits per heavy atom. The fourth-order valence-electron chi connectivity index (χ4n) is 3.10. The van der Waals surface area contributed by atoms with Gasteiger partial charge >= 0.3 is 19.8 Å². The third-order valence-electron chi connectivity index (χ3n) is 4.99. The molecule has 0 amide bonds. The number of hydrogen-bond donors (Lipinski definition) is 2. The average Bonchev–Trinajstić information content (AvgIpc) is 2.79. The van der Waals surface area contributed by atoms with Crippen molar-refractivity contribution in [1.29, 1.82) is 0 Å². The summed E-state index contributed by atoms with van der Waals surface area (Å²) in [5.74, 6) is -0.856. The van der Waals surface area contributed by atoms with E-state index in [1.165, 1.54) is 25.7 Å². The van der Waals surface area contributed by atoms with Gasteiger partial charge in [-0.1, -0.05) is 78.1 Å². The number of carbonyl (C=O) groups is 2. The SMILES string of the molecule is CCCCCCCCCCC(=O)O[C@H](COC(=O)CCCCCC)COP(=O)(O)OCCN. The van der Waals surface area contributed by atoms with Crippen LogP contribution in [0.1, 0.15) is 104 Å². The van der Waals surface area contributed by atoms with Crippen LogP contribution in [0.3, 0.4) is 0 Å². The van der Waals surface area contributed by atoms with Crippen LogP contribution in [0.15, 0.2) is 0 Å². The molecule has 196 valence electrons. The molecule has 2 atom stereocenters. The van der Waals surface area contributed by atoms with Crippen molar-refractivity contribution in [3.63, 3.8) is 0 Å². The molecule has 0 aliphatic rings. The lowest BCUT2D eigenvalue weighted by Gasteiger charge is -2.19. The Kier molecular flexibility index (Phi) is 20.9. The van der Waals surface area contributed by atoms with Gasteiger partial charge in [-0.05, 0) is 12.8 Å².